The summed E-state index contributed by atoms with van der Waals surface area (Å²) < 4.78 is 1.59. The number of fused-ring (bicyclic) bond motifs is 1. The number of hydrogen-bond acceptors (Lipinski definition) is 1. The first-order valence-corrected chi connectivity index (χ1v) is 5.50. The van der Waals surface area contributed by atoms with Crippen molar-refractivity contribution in [2.45, 2.75) is 0 Å². The molecule has 2 nitrogen and oxygen atoms in total. The molecule has 0 amide bonds. The molecule has 0 N–H and O–H groups in total. The lowest BCUT2D eigenvalue weighted by atomic mass is 10.0. The minimum absolute atomic E-state index is 0.824. The van der Waals surface area contributed by atoms with E-state index in [1.807, 2.05) is 36.4 Å². The number of carbonyl (C=O) groups excluding carboxylic acids is 1. The van der Waals surface area contributed by atoms with Gasteiger partial charge in [-0.05, 0) is 29.3 Å². The normalized spacial score (nSPS) is 10.6. The number of hydrogen-bond donors (Lipinski definition) is 0. The molecule has 0 aliphatic rings. The Hall–Kier alpha value is -2.35. The molecule has 1 heterocycles. The van der Waals surface area contributed by atoms with E-state index in [4.69, 9.17) is 0 Å². The quantitative estimate of drug-likeness (QED) is 0.608. The Kier molecular flexibility index (Phi) is 2.26. The number of carbonyl (C=O) groups is 1. The molecule has 0 radical (unpaired) electrons. The number of nitrogens with zero attached hydrogens (tertiary/aromatic N) is 1. The Morgan fingerprint density at radius 1 is 0.882 bits per heavy atom. The van der Waals surface area contributed by atoms with Crippen molar-refractivity contribution in [1.29, 1.82) is 0 Å². The van der Waals surface area contributed by atoms with Crippen molar-refractivity contribution in [3.63, 3.8) is 0 Å². The van der Waals surface area contributed by atoms with E-state index < -0.39 is 0 Å². The first-order chi connectivity index (χ1) is 8.38. The highest BCUT2D eigenvalue weighted by atomic mass is 16.1. The monoisotopic (exact) mass is 221 g/mol. The van der Waals surface area contributed by atoms with E-state index >= 15 is 0 Å². The van der Waals surface area contributed by atoms with E-state index in [1.165, 1.54) is 11.1 Å². The van der Waals surface area contributed by atoms with Gasteiger partial charge in [-0.3, -0.25) is 9.36 Å². The van der Waals surface area contributed by atoms with E-state index in [1.54, 1.807) is 10.8 Å². The molecule has 0 fully saturated rings. The van der Waals surface area contributed by atoms with E-state index in [0.717, 1.165) is 17.3 Å². The number of rotatable bonds is 2. The topological polar surface area (TPSA) is 22.0 Å². The summed E-state index contributed by atoms with van der Waals surface area (Å²) in [5.74, 6) is 0. The second-order valence-corrected chi connectivity index (χ2v) is 3.97. The third kappa shape index (κ3) is 1.64. The maximum absolute atomic E-state index is 10.8. The van der Waals surface area contributed by atoms with Crippen LogP contribution in [0.25, 0.3) is 22.0 Å². The Bertz CT molecular complexity index is 668. The number of aromatic nitrogens is 1. The average molecular weight is 221 g/mol. The zero-order valence-electron chi connectivity index (χ0n) is 9.21. The molecule has 3 aromatic rings. The summed E-state index contributed by atoms with van der Waals surface area (Å²) in [6.45, 7) is 0. The maximum atomic E-state index is 10.8. The molecule has 3 rings (SSSR count). The molecular weight excluding hydrogens is 210 g/mol. The summed E-state index contributed by atoms with van der Waals surface area (Å²) in [4.78, 5) is 10.8. The van der Waals surface area contributed by atoms with Crippen LogP contribution in [-0.4, -0.2) is 11.0 Å². The highest BCUT2D eigenvalue weighted by Gasteiger charge is 2.02. The van der Waals surface area contributed by atoms with Gasteiger partial charge in [0, 0.05) is 11.6 Å². The lowest BCUT2D eigenvalue weighted by Gasteiger charge is -2.02. The van der Waals surface area contributed by atoms with Gasteiger partial charge in [-0.1, -0.05) is 36.4 Å². The smallest absolute Gasteiger partial charge is 0.218 e. The largest absolute Gasteiger partial charge is 0.290 e. The van der Waals surface area contributed by atoms with Crippen molar-refractivity contribution >= 4 is 17.3 Å². The predicted octanol–water partition coefficient (Wildman–Crippen LogP) is 3.35. The highest BCUT2D eigenvalue weighted by Crippen LogP contribution is 2.24. The highest BCUT2D eigenvalue weighted by molar-refractivity contribution is 5.89. The molecule has 0 saturated carbocycles. The van der Waals surface area contributed by atoms with Gasteiger partial charge in [0.15, 0.2) is 0 Å². The first-order valence-electron chi connectivity index (χ1n) is 5.50. The summed E-state index contributed by atoms with van der Waals surface area (Å²) in [6.07, 6.45) is 2.61. The summed E-state index contributed by atoms with van der Waals surface area (Å²) in [7, 11) is 0. The van der Waals surface area contributed by atoms with Crippen LogP contribution >= 0.6 is 0 Å². The zero-order valence-corrected chi connectivity index (χ0v) is 9.21. The molecule has 0 spiro atoms. The SMILES string of the molecule is O=Cn1ccc2cc(-c3ccccc3)ccc21. The van der Waals surface area contributed by atoms with E-state index in [0.29, 0.717) is 0 Å². The van der Waals surface area contributed by atoms with Gasteiger partial charge in [0.1, 0.15) is 0 Å². The Morgan fingerprint density at radius 2 is 1.71 bits per heavy atom. The molecule has 0 atom stereocenters. The van der Waals surface area contributed by atoms with Crippen molar-refractivity contribution in [2.75, 3.05) is 0 Å². The third-order valence-electron chi connectivity index (χ3n) is 2.94. The van der Waals surface area contributed by atoms with Crippen molar-refractivity contribution in [3.05, 3.63) is 60.8 Å². The summed E-state index contributed by atoms with van der Waals surface area (Å²) >= 11 is 0. The molecule has 0 unspecified atom stereocenters. The molecule has 2 heteroatoms. The van der Waals surface area contributed by atoms with Crippen molar-refractivity contribution in [1.82, 2.24) is 4.57 Å². The summed E-state index contributed by atoms with van der Waals surface area (Å²) in [5, 5.41) is 1.08. The lowest BCUT2D eigenvalue weighted by Crippen LogP contribution is -1.90. The van der Waals surface area contributed by atoms with Gasteiger partial charge in [-0.15, -0.1) is 0 Å². The van der Waals surface area contributed by atoms with Crippen LogP contribution in [0, 0.1) is 0 Å². The van der Waals surface area contributed by atoms with Crippen LogP contribution in [-0.2, 0) is 4.79 Å². The van der Waals surface area contributed by atoms with E-state index in [-0.39, 0.29) is 0 Å². The summed E-state index contributed by atoms with van der Waals surface area (Å²) in [5.41, 5.74) is 3.30. The Morgan fingerprint density at radius 3 is 2.47 bits per heavy atom. The van der Waals surface area contributed by atoms with Crippen LogP contribution in [0.3, 0.4) is 0 Å². The minimum atomic E-state index is 0.824. The lowest BCUT2D eigenvalue weighted by molar-refractivity contribution is 0.549. The molecule has 2 aromatic carbocycles. The van der Waals surface area contributed by atoms with Gasteiger partial charge in [0.25, 0.3) is 0 Å². The molecule has 0 bridgehead atoms. The van der Waals surface area contributed by atoms with E-state index in [9.17, 15) is 4.79 Å². The molecular formula is C15H11NO. The Labute approximate surface area is 99.1 Å². The molecule has 0 aliphatic carbocycles. The van der Waals surface area contributed by atoms with Gasteiger partial charge >= 0.3 is 0 Å². The van der Waals surface area contributed by atoms with Gasteiger partial charge < -0.3 is 0 Å². The number of benzene rings is 2. The molecule has 82 valence electrons. The zero-order chi connectivity index (χ0) is 11.7. The molecule has 17 heavy (non-hydrogen) atoms. The van der Waals surface area contributed by atoms with E-state index in [2.05, 4.69) is 18.2 Å². The third-order valence-corrected chi connectivity index (χ3v) is 2.94. The minimum Gasteiger partial charge on any atom is -0.290 e. The van der Waals surface area contributed by atoms with Crippen molar-refractivity contribution in [2.24, 2.45) is 0 Å². The molecule has 0 aliphatic heterocycles. The average Bonchev–Trinajstić information content (AvgIpc) is 2.81. The van der Waals surface area contributed by atoms with Gasteiger partial charge in [0.2, 0.25) is 6.41 Å². The van der Waals surface area contributed by atoms with Crippen LogP contribution in [0.4, 0.5) is 0 Å². The van der Waals surface area contributed by atoms with Gasteiger partial charge in [-0.2, -0.15) is 0 Å². The second kappa shape index (κ2) is 3.91. The summed E-state index contributed by atoms with van der Waals surface area (Å²) in [6, 6.07) is 18.3. The van der Waals surface area contributed by atoms with Crippen molar-refractivity contribution in [3.8, 4) is 11.1 Å². The van der Waals surface area contributed by atoms with Crippen molar-refractivity contribution < 1.29 is 4.79 Å². The maximum Gasteiger partial charge on any atom is 0.218 e. The van der Waals surface area contributed by atoms with Crippen LogP contribution in [0.15, 0.2) is 60.8 Å². The molecule has 1 aromatic heterocycles. The fourth-order valence-corrected chi connectivity index (χ4v) is 2.07. The van der Waals surface area contributed by atoms with Crippen LogP contribution in [0.5, 0.6) is 0 Å². The Balaban J connectivity index is 2.18. The fraction of sp³-hybridized carbons (Fsp3) is 0. The standard InChI is InChI=1S/C15H11NO/c17-11-16-9-8-14-10-13(6-7-15(14)16)12-4-2-1-3-5-12/h1-11H. The van der Waals surface area contributed by atoms with Crippen LogP contribution in [0.1, 0.15) is 0 Å². The van der Waals surface area contributed by atoms with Gasteiger partial charge in [-0.25, -0.2) is 0 Å². The molecule has 0 saturated heterocycles. The fourth-order valence-electron chi connectivity index (χ4n) is 2.07. The van der Waals surface area contributed by atoms with Crippen LogP contribution < -0.4 is 0 Å². The van der Waals surface area contributed by atoms with Gasteiger partial charge in [0.05, 0.1) is 5.52 Å². The predicted molar refractivity (Wildman–Crippen MR) is 69.5 cm³/mol. The first kappa shape index (κ1) is 9.85. The second-order valence-electron chi connectivity index (χ2n) is 3.97. The van der Waals surface area contributed by atoms with Crippen LogP contribution in [0.2, 0.25) is 0 Å².